The van der Waals surface area contributed by atoms with Crippen LogP contribution in [0.5, 0.6) is 0 Å². The SMILES string of the molecule is CCOC(=O)c1sc(-c2ccccc2)cc1NC(=O)CN(C)[C@@H]1CCS(=O)(=O)C1. The summed E-state index contributed by atoms with van der Waals surface area (Å²) in [6, 6.07) is 11.2. The first-order valence-corrected chi connectivity index (χ1v) is 12.0. The number of sulfone groups is 1. The normalized spacial score (nSPS) is 18.0. The van der Waals surface area contributed by atoms with Gasteiger partial charge in [-0.25, -0.2) is 13.2 Å². The van der Waals surface area contributed by atoms with Gasteiger partial charge in [-0.2, -0.15) is 0 Å². The molecule has 0 unspecified atom stereocenters. The molecule has 0 aliphatic carbocycles. The molecule has 1 fully saturated rings. The summed E-state index contributed by atoms with van der Waals surface area (Å²) in [7, 11) is -1.28. The largest absolute Gasteiger partial charge is 0.462 e. The second-order valence-corrected chi connectivity index (χ2v) is 10.2. The number of amides is 1. The van der Waals surface area contributed by atoms with E-state index in [0.29, 0.717) is 17.0 Å². The van der Waals surface area contributed by atoms with Gasteiger partial charge in [-0.15, -0.1) is 11.3 Å². The highest BCUT2D eigenvalue weighted by atomic mass is 32.2. The molecule has 0 saturated carbocycles. The van der Waals surface area contributed by atoms with Gasteiger partial charge in [-0.05, 0) is 32.0 Å². The Kier molecular flexibility index (Phi) is 6.71. The van der Waals surface area contributed by atoms with Crippen LogP contribution < -0.4 is 5.32 Å². The van der Waals surface area contributed by atoms with E-state index in [1.54, 1.807) is 24.9 Å². The number of ether oxygens (including phenoxy) is 1. The van der Waals surface area contributed by atoms with E-state index in [9.17, 15) is 18.0 Å². The summed E-state index contributed by atoms with van der Waals surface area (Å²) in [4.78, 5) is 27.9. The van der Waals surface area contributed by atoms with E-state index in [2.05, 4.69) is 5.32 Å². The van der Waals surface area contributed by atoms with E-state index in [1.807, 2.05) is 30.3 Å². The Balaban J connectivity index is 1.75. The van der Waals surface area contributed by atoms with E-state index in [-0.39, 0.29) is 36.6 Å². The highest BCUT2D eigenvalue weighted by Gasteiger charge is 2.31. The lowest BCUT2D eigenvalue weighted by atomic mass is 10.2. The predicted molar refractivity (Wildman–Crippen MR) is 114 cm³/mol. The topological polar surface area (TPSA) is 92.8 Å². The Hall–Kier alpha value is -2.23. The molecule has 2 aromatic rings. The highest BCUT2D eigenvalue weighted by molar-refractivity contribution is 7.91. The van der Waals surface area contributed by atoms with Gasteiger partial charge < -0.3 is 10.1 Å². The molecule has 0 spiro atoms. The molecule has 1 aromatic carbocycles. The van der Waals surface area contributed by atoms with Crippen LogP contribution in [-0.4, -0.2) is 62.9 Å². The van der Waals surface area contributed by atoms with Crippen molar-refractivity contribution >= 4 is 38.7 Å². The number of hydrogen-bond acceptors (Lipinski definition) is 7. The van der Waals surface area contributed by atoms with Crippen LogP contribution in [0.4, 0.5) is 5.69 Å². The predicted octanol–water partition coefficient (Wildman–Crippen LogP) is 2.65. The Morgan fingerprint density at radius 3 is 2.62 bits per heavy atom. The molecule has 29 heavy (non-hydrogen) atoms. The van der Waals surface area contributed by atoms with Crippen LogP contribution in [0.2, 0.25) is 0 Å². The van der Waals surface area contributed by atoms with Crippen LogP contribution in [0.1, 0.15) is 23.0 Å². The van der Waals surface area contributed by atoms with E-state index in [1.165, 1.54) is 11.3 Å². The summed E-state index contributed by atoms with van der Waals surface area (Å²) in [5.41, 5.74) is 1.35. The number of benzene rings is 1. The van der Waals surface area contributed by atoms with Gasteiger partial charge in [0.15, 0.2) is 9.84 Å². The molecular formula is C20H24N2O5S2. The smallest absolute Gasteiger partial charge is 0.350 e. The van der Waals surface area contributed by atoms with Crippen molar-refractivity contribution in [3.63, 3.8) is 0 Å². The van der Waals surface area contributed by atoms with Crippen molar-refractivity contribution in [1.29, 1.82) is 0 Å². The van der Waals surface area contributed by atoms with Crippen LogP contribution in [-0.2, 0) is 19.4 Å². The lowest BCUT2D eigenvalue weighted by Gasteiger charge is -2.22. The van der Waals surface area contributed by atoms with E-state index >= 15 is 0 Å². The first-order chi connectivity index (χ1) is 13.8. The molecule has 0 bridgehead atoms. The number of thiophene rings is 1. The first-order valence-electron chi connectivity index (χ1n) is 9.36. The minimum atomic E-state index is -3.02. The van der Waals surface area contributed by atoms with Crippen molar-refractivity contribution in [3.8, 4) is 10.4 Å². The number of likely N-dealkylation sites (N-methyl/N-ethyl adjacent to an activating group) is 1. The van der Waals surface area contributed by atoms with Crippen LogP contribution in [0.25, 0.3) is 10.4 Å². The molecule has 1 aliphatic rings. The van der Waals surface area contributed by atoms with Crippen LogP contribution in [0, 0.1) is 0 Å². The number of hydrogen-bond donors (Lipinski definition) is 1. The summed E-state index contributed by atoms with van der Waals surface area (Å²) in [6.45, 7) is 2.01. The molecule has 1 aliphatic heterocycles. The van der Waals surface area contributed by atoms with Gasteiger partial charge in [0.2, 0.25) is 5.91 Å². The fourth-order valence-corrected chi connectivity index (χ4v) is 6.06. The first kappa shape index (κ1) is 21.5. The minimum absolute atomic E-state index is 0.0406. The molecular weight excluding hydrogens is 412 g/mol. The minimum Gasteiger partial charge on any atom is -0.462 e. The van der Waals surface area contributed by atoms with Gasteiger partial charge in [-0.3, -0.25) is 9.69 Å². The van der Waals surface area contributed by atoms with Crippen LogP contribution >= 0.6 is 11.3 Å². The van der Waals surface area contributed by atoms with Gasteiger partial charge >= 0.3 is 5.97 Å². The lowest BCUT2D eigenvalue weighted by molar-refractivity contribution is -0.117. The maximum atomic E-state index is 12.6. The van der Waals surface area contributed by atoms with Gasteiger partial charge in [0.25, 0.3) is 0 Å². The maximum Gasteiger partial charge on any atom is 0.350 e. The molecule has 1 saturated heterocycles. The van der Waals surface area contributed by atoms with Gasteiger partial charge in [0.1, 0.15) is 4.88 Å². The molecule has 2 heterocycles. The number of nitrogens with one attached hydrogen (secondary N) is 1. The zero-order chi connectivity index (χ0) is 21.0. The molecule has 3 rings (SSSR count). The standard InChI is InChI=1S/C20H24N2O5S2/c1-3-27-20(24)19-16(11-17(28-19)14-7-5-4-6-8-14)21-18(23)12-22(2)15-9-10-29(25,26)13-15/h4-8,11,15H,3,9-10,12-13H2,1-2H3,(H,21,23)/t15-/m1/s1. The highest BCUT2D eigenvalue weighted by Crippen LogP contribution is 2.35. The van der Waals surface area contributed by atoms with Crippen LogP contribution in [0.3, 0.4) is 0 Å². The molecule has 7 nitrogen and oxygen atoms in total. The van der Waals surface area contributed by atoms with E-state index in [4.69, 9.17) is 4.74 Å². The van der Waals surface area contributed by atoms with Crippen molar-refractivity contribution in [3.05, 3.63) is 41.3 Å². The average Bonchev–Trinajstić information content (AvgIpc) is 3.26. The monoisotopic (exact) mass is 436 g/mol. The van der Waals surface area contributed by atoms with Crippen molar-refractivity contribution in [1.82, 2.24) is 4.90 Å². The summed E-state index contributed by atoms with van der Waals surface area (Å²) in [5.74, 6) is -0.562. The second-order valence-electron chi connectivity index (χ2n) is 6.96. The Labute approximate surface area is 174 Å². The van der Waals surface area contributed by atoms with E-state index in [0.717, 1.165) is 10.4 Å². The van der Waals surface area contributed by atoms with Crippen molar-refractivity contribution in [2.75, 3.05) is 37.0 Å². The Bertz CT molecular complexity index is 986. The van der Waals surface area contributed by atoms with Gasteiger partial charge in [0.05, 0.1) is 30.3 Å². The number of carbonyl (C=O) groups excluding carboxylic acids is 2. The number of anilines is 1. The third-order valence-corrected chi connectivity index (χ3v) is 7.66. The summed E-state index contributed by atoms with van der Waals surface area (Å²) < 4.78 is 28.5. The van der Waals surface area contributed by atoms with Crippen molar-refractivity contribution < 1.29 is 22.7 Å². The zero-order valence-corrected chi connectivity index (χ0v) is 18.0. The van der Waals surface area contributed by atoms with Gasteiger partial charge in [-0.1, -0.05) is 30.3 Å². The van der Waals surface area contributed by atoms with Crippen molar-refractivity contribution in [2.45, 2.75) is 19.4 Å². The number of nitrogens with zero attached hydrogens (tertiary/aromatic N) is 1. The lowest BCUT2D eigenvalue weighted by Crippen LogP contribution is -2.38. The summed E-state index contributed by atoms with van der Waals surface area (Å²) in [5, 5.41) is 2.79. The molecule has 1 atom stereocenters. The second kappa shape index (κ2) is 9.06. The Morgan fingerprint density at radius 2 is 2.00 bits per heavy atom. The number of rotatable bonds is 7. The summed E-state index contributed by atoms with van der Waals surface area (Å²) in [6.07, 6.45) is 0.525. The summed E-state index contributed by atoms with van der Waals surface area (Å²) >= 11 is 1.26. The third kappa shape index (κ3) is 5.43. The van der Waals surface area contributed by atoms with Crippen molar-refractivity contribution in [2.24, 2.45) is 0 Å². The zero-order valence-electron chi connectivity index (χ0n) is 16.4. The molecule has 1 N–H and O–H groups in total. The molecule has 1 aromatic heterocycles. The third-order valence-electron chi connectivity index (χ3n) is 4.75. The molecule has 156 valence electrons. The fraction of sp³-hybridized carbons (Fsp3) is 0.400. The fourth-order valence-electron chi connectivity index (χ4n) is 3.25. The number of carbonyl (C=O) groups is 2. The molecule has 1 amide bonds. The quantitative estimate of drug-likeness (QED) is 0.671. The average molecular weight is 437 g/mol. The molecule has 9 heteroatoms. The maximum absolute atomic E-state index is 12.6. The molecule has 0 radical (unpaired) electrons. The van der Waals surface area contributed by atoms with Crippen LogP contribution in [0.15, 0.2) is 36.4 Å². The van der Waals surface area contributed by atoms with E-state index < -0.39 is 15.8 Å². The van der Waals surface area contributed by atoms with Gasteiger partial charge in [0, 0.05) is 10.9 Å². The Morgan fingerprint density at radius 1 is 1.28 bits per heavy atom. The number of esters is 1.